The zero-order valence-corrected chi connectivity index (χ0v) is 18.7. The van der Waals surface area contributed by atoms with Crippen LogP contribution < -0.4 is 25.4 Å². The minimum Gasteiger partial charge on any atom is -0.497 e. The Labute approximate surface area is 195 Å². The molecule has 10 heteroatoms. The maximum Gasteiger partial charge on any atom is 0.413 e. The number of nitrogens with zero attached hydrogens (tertiary/aromatic N) is 2. The Morgan fingerprint density at radius 2 is 1.76 bits per heavy atom. The summed E-state index contributed by atoms with van der Waals surface area (Å²) < 4.78 is 15.8. The predicted molar refractivity (Wildman–Crippen MR) is 131 cm³/mol. The van der Waals surface area contributed by atoms with Crippen LogP contribution in [-0.2, 0) is 4.74 Å². The van der Waals surface area contributed by atoms with Crippen molar-refractivity contribution in [2.75, 3.05) is 24.4 Å². The van der Waals surface area contributed by atoms with Crippen molar-refractivity contribution in [2.45, 2.75) is 0 Å². The van der Waals surface area contributed by atoms with Crippen molar-refractivity contribution in [1.82, 2.24) is 9.97 Å². The van der Waals surface area contributed by atoms with Gasteiger partial charge in [0.2, 0.25) is 5.95 Å². The van der Waals surface area contributed by atoms with Crippen LogP contribution in [0.25, 0.3) is 11.0 Å². The summed E-state index contributed by atoms with van der Waals surface area (Å²) in [6, 6.07) is 20.2. The molecule has 0 saturated heterocycles. The Hall–Kier alpha value is -4.31. The van der Waals surface area contributed by atoms with E-state index in [-0.39, 0.29) is 11.1 Å². The number of thiocarbonyl (C=S) groups is 1. The standard InChI is InChI=1S/C23H21N5O4S/c1-30-17-5-3-4-15(12-17)28(21(24)33)14-6-8-16(9-7-14)32-18-10-11-19-20(13-18)26-22(25-19)27-23(29)31-2/h3-13H,1-2H3,(H2,24,33)(H2,25,26,27,29). The number of aromatic nitrogens is 2. The van der Waals surface area contributed by atoms with E-state index >= 15 is 0 Å². The fourth-order valence-electron chi connectivity index (χ4n) is 3.21. The van der Waals surface area contributed by atoms with Crippen molar-refractivity contribution >= 4 is 51.8 Å². The van der Waals surface area contributed by atoms with Gasteiger partial charge in [-0.15, -0.1) is 0 Å². The number of methoxy groups -OCH3 is 2. The molecule has 0 saturated carbocycles. The maximum absolute atomic E-state index is 11.4. The number of fused-ring (bicyclic) bond motifs is 1. The number of anilines is 3. The van der Waals surface area contributed by atoms with E-state index in [0.717, 1.165) is 11.4 Å². The van der Waals surface area contributed by atoms with Gasteiger partial charge in [-0.3, -0.25) is 10.2 Å². The molecule has 9 nitrogen and oxygen atoms in total. The topological polar surface area (TPSA) is 115 Å². The summed E-state index contributed by atoms with van der Waals surface area (Å²) in [4.78, 5) is 20.4. The minimum atomic E-state index is -0.606. The molecular weight excluding hydrogens is 442 g/mol. The molecule has 1 heterocycles. The van der Waals surface area contributed by atoms with Gasteiger partial charge in [-0.05, 0) is 60.7 Å². The van der Waals surface area contributed by atoms with Crippen LogP contribution in [0.2, 0.25) is 0 Å². The summed E-state index contributed by atoms with van der Waals surface area (Å²) in [7, 11) is 2.89. The first kappa shape index (κ1) is 21.9. The third kappa shape index (κ3) is 4.96. The van der Waals surface area contributed by atoms with Crippen LogP contribution in [0.1, 0.15) is 0 Å². The van der Waals surface area contributed by atoms with Crippen LogP contribution in [0.4, 0.5) is 22.1 Å². The minimum absolute atomic E-state index is 0.206. The summed E-state index contributed by atoms with van der Waals surface area (Å²) in [5.74, 6) is 2.21. The van der Waals surface area contributed by atoms with Crippen LogP contribution >= 0.6 is 12.2 Å². The molecule has 33 heavy (non-hydrogen) atoms. The van der Waals surface area contributed by atoms with Gasteiger partial charge in [0.1, 0.15) is 17.2 Å². The Morgan fingerprint density at radius 1 is 1.00 bits per heavy atom. The number of H-pyrrole nitrogens is 1. The van der Waals surface area contributed by atoms with E-state index in [1.54, 1.807) is 30.2 Å². The Kier molecular flexibility index (Phi) is 6.27. The van der Waals surface area contributed by atoms with Crippen LogP contribution in [0.3, 0.4) is 0 Å². The first-order valence-corrected chi connectivity index (χ1v) is 10.2. The lowest BCUT2D eigenvalue weighted by Crippen LogP contribution is -2.31. The second-order valence-electron chi connectivity index (χ2n) is 6.85. The highest BCUT2D eigenvalue weighted by Crippen LogP contribution is 2.31. The predicted octanol–water partition coefficient (Wildman–Crippen LogP) is 4.92. The summed E-state index contributed by atoms with van der Waals surface area (Å²) in [6.45, 7) is 0. The molecule has 4 rings (SSSR count). The SMILES string of the molecule is COC(=O)Nc1nc2ccc(Oc3ccc(N(C(N)=S)c4cccc(OC)c4)cc3)cc2[nH]1. The molecule has 4 N–H and O–H groups in total. The van der Waals surface area contributed by atoms with E-state index in [1.807, 2.05) is 48.5 Å². The summed E-state index contributed by atoms with van der Waals surface area (Å²) in [6.07, 6.45) is -0.606. The van der Waals surface area contributed by atoms with Crippen molar-refractivity contribution in [2.24, 2.45) is 5.73 Å². The molecular formula is C23H21N5O4S. The molecule has 0 aliphatic heterocycles. The highest BCUT2D eigenvalue weighted by atomic mass is 32.1. The Balaban J connectivity index is 1.53. The van der Waals surface area contributed by atoms with Gasteiger partial charge >= 0.3 is 6.09 Å². The number of hydrogen-bond donors (Lipinski definition) is 3. The molecule has 0 fully saturated rings. The largest absolute Gasteiger partial charge is 0.497 e. The number of nitrogens with two attached hydrogens (primary N) is 1. The first-order valence-electron chi connectivity index (χ1n) is 9.83. The van der Waals surface area contributed by atoms with E-state index < -0.39 is 6.09 Å². The molecule has 168 valence electrons. The lowest BCUT2D eigenvalue weighted by molar-refractivity contribution is 0.186. The summed E-state index contributed by atoms with van der Waals surface area (Å²) in [5, 5.41) is 2.70. The van der Waals surface area contributed by atoms with E-state index in [9.17, 15) is 4.79 Å². The van der Waals surface area contributed by atoms with Crippen molar-refractivity contribution in [3.05, 3.63) is 66.7 Å². The van der Waals surface area contributed by atoms with Crippen LogP contribution in [0.5, 0.6) is 17.2 Å². The first-order chi connectivity index (χ1) is 16.0. The lowest BCUT2D eigenvalue weighted by atomic mass is 10.2. The number of amides is 1. The Bertz CT molecular complexity index is 1310. The van der Waals surface area contributed by atoms with Gasteiger partial charge in [-0.25, -0.2) is 9.78 Å². The molecule has 1 aromatic heterocycles. The summed E-state index contributed by atoms with van der Waals surface area (Å²) >= 11 is 5.27. The van der Waals surface area contributed by atoms with Crippen molar-refractivity contribution in [3.8, 4) is 17.2 Å². The van der Waals surface area contributed by atoms with Gasteiger partial charge in [-0.1, -0.05) is 6.07 Å². The Morgan fingerprint density at radius 3 is 2.45 bits per heavy atom. The van der Waals surface area contributed by atoms with Gasteiger partial charge in [0.15, 0.2) is 5.11 Å². The van der Waals surface area contributed by atoms with E-state index in [4.69, 9.17) is 27.4 Å². The van der Waals surface area contributed by atoms with Gasteiger partial charge in [0.25, 0.3) is 0 Å². The normalized spacial score (nSPS) is 10.5. The van der Waals surface area contributed by atoms with Gasteiger partial charge in [0, 0.05) is 17.8 Å². The molecule has 0 unspecified atom stereocenters. The van der Waals surface area contributed by atoms with Gasteiger partial charge < -0.3 is 24.9 Å². The van der Waals surface area contributed by atoms with E-state index in [1.165, 1.54) is 7.11 Å². The number of ether oxygens (including phenoxy) is 3. The van der Waals surface area contributed by atoms with Crippen LogP contribution in [0, 0.1) is 0 Å². The van der Waals surface area contributed by atoms with Crippen molar-refractivity contribution in [1.29, 1.82) is 0 Å². The number of rotatable bonds is 6. The molecule has 0 spiro atoms. The number of hydrogen-bond acceptors (Lipinski definition) is 6. The number of carbonyl (C=O) groups is 1. The van der Waals surface area contributed by atoms with Gasteiger partial charge in [0.05, 0.1) is 30.9 Å². The van der Waals surface area contributed by atoms with Crippen molar-refractivity contribution < 1.29 is 19.0 Å². The smallest absolute Gasteiger partial charge is 0.413 e. The molecule has 0 aliphatic rings. The maximum atomic E-state index is 11.4. The van der Waals surface area contributed by atoms with Crippen LogP contribution in [0.15, 0.2) is 66.7 Å². The monoisotopic (exact) mass is 463 g/mol. The molecule has 1 amide bonds. The zero-order chi connectivity index (χ0) is 23.4. The number of aromatic amines is 1. The molecule has 4 aromatic rings. The second-order valence-corrected chi connectivity index (χ2v) is 7.27. The van der Waals surface area contributed by atoms with E-state index in [2.05, 4.69) is 20.0 Å². The van der Waals surface area contributed by atoms with Crippen LogP contribution in [-0.4, -0.2) is 35.4 Å². The highest BCUT2D eigenvalue weighted by Gasteiger charge is 2.14. The molecule has 0 atom stereocenters. The second kappa shape index (κ2) is 9.45. The molecule has 0 radical (unpaired) electrons. The van der Waals surface area contributed by atoms with E-state index in [0.29, 0.717) is 28.3 Å². The average Bonchev–Trinajstić information content (AvgIpc) is 3.21. The molecule has 0 bridgehead atoms. The summed E-state index contributed by atoms with van der Waals surface area (Å²) in [5.41, 5.74) is 8.94. The fourth-order valence-corrected chi connectivity index (χ4v) is 3.42. The highest BCUT2D eigenvalue weighted by molar-refractivity contribution is 7.80. The lowest BCUT2D eigenvalue weighted by Gasteiger charge is -2.23. The third-order valence-corrected chi connectivity index (χ3v) is 4.90. The fraction of sp³-hybridized carbons (Fsp3) is 0.0870. The number of benzene rings is 3. The number of carbonyl (C=O) groups excluding carboxylic acids is 1. The average molecular weight is 464 g/mol. The number of nitrogens with one attached hydrogen (secondary N) is 2. The molecule has 0 aliphatic carbocycles. The third-order valence-electron chi connectivity index (χ3n) is 4.72. The van der Waals surface area contributed by atoms with Gasteiger partial charge in [-0.2, -0.15) is 0 Å². The number of imidazole rings is 1. The van der Waals surface area contributed by atoms with Crippen molar-refractivity contribution in [3.63, 3.8) is 0 Å². The quantitative estimate of drug-likeness (QED) is 0.345. The molecule has 3 aromatic carbocycles. The zero-order valence-electron chi connectivity index (χ0n) is 17.9.